The quantitative estimate of drug-likeness (QED) is 0.115. The smallest absolute Gasteiger partial charge is 0.339 e. The molecule has 2 heterocycles. The SMILES string of the molecule is Cc1cc(Br)cc2c(C(=O)OCC(=O)c3ccc(Cl)cc3Cl)cc(-c3ccc(N4C(=O)C5CCC(C)CC5C4=O)cc3)nc12. The Labute approximate surface area is 272 Å². The van der Waals surface area contributed by atoms with Gasteiger partial charge in [0.15, 0.2) is 6.61 Å². The van der Waals surface area contributed by atoms with Gasteiger partial charge in [0.1, 0.15) is 0 Å². The summed E-state index contributed by atoms with van der Waals surface area (Å²) in [5.74, 6) is -1.52. The fourth-order valence-corrected chi connectivity index (χ4v) is 7.29. The average molecular weight is 694 g/mol. The number of halogens is 3. The van der Waals surface area contributed by atoms with Crippen LogP contribution in [0.25, 0.3) is 22.2 Å². The van der Waals surface area contributed by atoms with Gasteiger partial charge in [-0.3, -0.25) is 19.3 Å². The molecule has 3 atom stereocenters. The van der Waals surface area contributed by atoms with Gasteiger partial charge < -0.3 is 4.74 Å². The van der Waals surface area contributed by atoms with E-state index in [0.717, 1.165) is 29.3 Å². The van der Waals surface area contributed by atoms with E-state index in [1.165, 1.54) is 17.0 Å². The number of anilines is 1. The number of pyridine rings is 1. The summed E-state index contributed by atoms with van der Waals surface area (Å²) in [6.07, 6.45) is 2.42. The lowest BCUT2D eigenvalue weighted by atomic mass is 9.76. The van der Waals surface area contributed by atoms with Crippen molar-refractivity contribution in [2.45, 2.75) is 33.1 Å². The molecular formula is C34H27BrCl2N2O5. The van der Waals surface area contributed by atoms with Gasteiger partial charge in [-0.2, -0.15) is 0 Å². The molecule has 1 saturated carbocycles. The summed E-state index contributed by atoms with van der Waals surface area (Å²) in [4.78, 5) is 58.8. The summed E-state index contributed by atoms with van der Waals surface area (Å²) in [7, 11) is 0. The highest BCUT2D eigenvalue weighted by Gasteiger charge is 2.49. The Kier molecular flexibility index (Phi) is 8.35. The predicted octanol–water partition coefficient (Wildman–Crippen LogP) is 8.24. The van der Waals surface area contributed by atoms with Crippen molar-refractivity contribution in [2.24, 2.45) is 17.8 Å². The molecule has 3 aromatic carbocycles. The summed E-state index contributed by atoms with van der Waals surface area (Å²) in [6, 6.07) is 16.8. The molecule has 0 radical (unpaired) electrons. The van der Waals surface area contributed by atoms with E-state index in [0.29, 0.717) is 38.8 Å². The lowest BCUT2D eigenvalue weighted by Gasteiger charge is -2.25. The number of esters is 1. The first kappa shape index (κ1) is 30.4. The van der Waals surface area contributed by atoms with Crippen molar-refractivity contribution < 1.29 is 23.9 Å². The van der Waals surface area contributed by atoms with E-state index in [-0.39, 0.29) is 39.8 Å². The van der Waals surface area contributed by atoms with E-state index >= 15 is 0 Å². The number of hydrogen-bond acceptors (Lipinski definition) is 6. The number of nitrogens with zero attached hydrogens (tertiary/aromatic N) is 2. The number of carbonyl (C=O) groups is 4. The first-order valence-electron chi connectivity index (χ1n) is 14.3. The zero-order chi connectivity index (χ0) is 31.3. The molecule has 1 aliphatic heterocycles. The number of amides is 2. The monoisotopic (exact) mass is 692 g/mol. The van der Waals surface area contributed by atoms with Crippen LogP contribution < -0.4 is 4.90 Å². The van der Waals surface area contributed by atoms with Crippen molar-refractivity contribution in [3.63, 3.8) is 0 Å². The molecule has 6 rings (SSSR count). The highest BCUT2D eigenvalue weighted by atomic mass is 79.9. The lowest BCUT2D eigenvalue weighted by molar-refractivity contribution is -0.122. The standard InChI is InChI=1S/C34H27BrCl2N2O5/c1-17-3-9-23-26(11-17)33(42)39(32(23)41)22-7-4-19(5-8-22)29-15-27(25-13-20(35)12-18(2)31(25)38-29)34(43)44-16-30(40)24-10-6-21(36)14-28(24)37/h4-8,10,12-15,17,23,26H,3,9,11,16H2,1-2H3. The molecule has 0 bridgehead atoms. The molecule has 1 aromatic heterocycles. The van der Waals surface area contributed by atoms with E-state index in [9.17, 15) is 19.2 Å². The molecular weight excluding hydrogens is 667 g/mol. The number of carbonyl (C=O) groups excluding carboxylic acids is 4. The zero-order valence-electron chi connectivity index (χ0n) is 23.9. The second-order valence-corrected chi connectivity index (χ2v) is 13.2. The minimum atomic E-state index is -0.698. The first-order chi connectivity index (χ1) is 21.0. The van der Waals surface area contributed by atoms with Crippen LogP contribution in [0.3, 0.4) is 0 Å². The highest BCUT2D eigenvalue weighted by molar-refractivity contribution is 9.10. The summed E-state index contributed by atoms with van der Waals surface area (Å²) in [6.45, 7) is 3.50. The van der Waals surface area contributed by atoms with E-state index in [4.69, 9.17) is 32.9 Å². The average Bonchev–Trinajstić information content (AvgIpc) is 3.23. The number of rotatable bonds is 6. The summed E-state index contributed by atoms with van der Waals surface area (Å²) in [5, 5.41) is 1.12. The van der Waals surface area contributed by atoms with Gasteiger partial charge in [0, 0.05) is 26.0 Å². The molecule has 2 amide bonds. The summed E-state index contributed by atoms with van der Waals surface area (Å²) in [5.41, 5.74) is 3.55. The van der Waals surface area contributed by atoms with Crippen molar-refractivity contribution in [1.29, 1.82) is 0 Å². The van der Waals surface area contributed by atoms with E-state index < -0.39 is 18.4 Å². The zero-order valence-corrected chi connectivity index (χ0v) is 27.0. The molecule has 44 heavy (non-hydrogen) atoms. The fraction of sp³-hybridized carbons (Fsp3) is 0.265. The molecule has 1 aliphatic carbocycles. The van der Waals surface area contributed by atoms with Crippen molar-refractivity contribution in [3.8, 4) is 11.3 Å². The van der Waals surface area contributed by atoms with E-state index in [1.54, 1.807) is 42.5 Å². The van der Waals surface area contributed by atoms with Crippen LogP contribution in [0.15, 0.2) is 65.1 Å². The second kappa shape index (κ2) is 12.1. The minimum Gasteiger partial charge on any atom is -0.454 e. The molecule has 0 spiro atoms. The lowest BCUT2D eigenvalue weighted by Crippen LogP contribution is -2.30. The van der Waals surface area contributed by atoms with Gasteiger partial charge in [-0.05, 0) is 86.2 Å². The maximum atomic E-state index is 13.4. The Morgan fingerprint density at radius 1 is 0.955 bits per heavy atom. The fourth-order valence-electron chi connectivity index (χ4n) is 6.20. The second-order valence-electron chi connectivity index (χ2n) is 11.5. The number of imide groups is 1. The number of aryl methyl sites for hydroxylation is 1. The van der Waals surface area contributed by atoms with Crippen LogP contribution in [0.2, 0.25) is 10.0 Å². The molecule has 3 unspecified atom stereocenters. The Bertz CT molecular complexity index is 1860. The van der Waals surface area contributed by atoms with Gasteiger partial charge in [-0.15, -0.1) is 0 Å². The molecule has 0 N–H and O–H groups in total. The Morgan fingerprint density at radius 3 is 2.41 bits per heavy atom. The topological polar surface area (TPSA) is 93.6 Å². The third-order valence-corrected chi connectivity index (χ3v) is 9.47. The Morgan fingerprint density at radius 2 is 1.68 bits per heavy atom. The van der Waals surface area contributed by atoms with Gasteiger partial charge in [-0.25, -0.2) is 9.78 Å². The molecule has 1 saturated heterocycles. The minimum absolute atomic E-state index is 0.135. The molecule has 2 aliphatic rings. The number of fused-ring (bicyclic) bond motifs is 2. The number of hydrogen-bond donors (Lipinski definition) is 0. The number of ether oxygens (including phenoxy) is 1. The van der Waals surface area contributed by atoms with Gasteiger partial charge in [0.2, 0.25) is 17.6 Å². The number of aromatic nitrogens is 1. The first-order valence-corrected chi connectivity index (χ1v) is 15.8. The van der Waals surface area contributed by atoms with Gasteiger partial charge in [0.05, 0.1) is 39.3 Å². The van der Waals surface area contributed by atoms with Crippen LogP contribution >= 0.6 is 39.1 Å². The Balaban J connectivity index is 1.30. The van der Waals surface area contributed by atoms with Gasteiger partial charge >= 0.3 is 5.97 Å². The molecule has 4 aromatic rings. The largest absolute Gasteiger partial charge is 0.454 e. The van der Waals surface area contributed by atoms with Crippen LogP contribution in [-0.2, 0) is 14.3 Å². The third-order valence-electron chi connectivity index (χ3n) is 8.46. The number of benzene rings is 3. The van der Waals surface area contributed by atoms with Crippen LogP contribution in [-0.4, -0.2) is 35.2 Å². The number of Topliss-reactive ketones (excluding diaryl/α,β-unsaturated/α-hetero) is 1. The molecule has 224 valence electrons. The predicted molar refractivity (Wildman–Crippen MR) is 173 cm³/mol. The van der Waals surface area contributed by atoms with E-state index in [2.05, 4.69) is 22.9 Å². The Hall–Kier alpha value is -3.59. The van der Waals surface area contributed by atoms with Crippen molar-refractivity contribution >= 4 is 79.3 Å². The highest BCUT2D eigenvalue weighted by Crippen LogP contribution is 2.42. The van der Waals surface area contributed by atoms with Crippen LogP contribution in [0.4, 0.5) is 5.69 Å². The molecule has 10 heteroatoms. The normalized spacial score (nSPS) is 19.8. The van der Waals surface area contributed by atoms with Gasteiger partial charge in [0.25, 0.3) is 0 Å². The maximum Gasteiger partial charge on any atom is 0.339 e. The number of ketones is 1. The van der Waals surface area contributed by atoms with Crippen LogP contribution in [0, 0.1) is 24.7 Å². The maximum absolute atomic E-state index is 13.4. The van der Waals surface area contributed by atoms with Gasteiger partial charge in [-0.1, -0.05) is 58.2 Å². The van der Waals surface area contributed by atoms with Crippen molar-refractivity contribution in [1.82, 2.24) is 4.98 Å². The molecule has 7 nitrogen and oxygen atoms in total. The third kappa shape index (κ3) is 5.67. The van der Waals surface area contributed by atoms with Crippen molar-refractivity contribution in [2.75, 3.05) is 11.5 Å². The summed E-state index contributed by atoms with van der Waals surface area (Å²) >= 11 is 15.6. The van der Waals surface area contributed by atoms with Crippen LogP contribution in [0.5, 0.6) is 0 Å². The molecule has 2 fully saturated rings. The van der Waals surface area contributed by atoms with E-state index in [1.807, 2.05) is 13.0 Å². The van der Waals surface area contributed by atoms with Crippen molar-refractivity contribution in [3.05, 3.63) is 91.9 Å². The summed E-state index contributed by atoms with van der Waals surface area (Å²) < 4.78 is 6.23. The van der Waals surface area contributed by atoms with Crippen LogP contribution in [0.1, 0.15) is 52.5 Å².